The highest BCUT2D eigenvalue weighted by Gasteiger charge is 2.11. The summed E-state index contributed by atoms with van der Waals surface area (Å²) in [5.41, 5.74) is 3.81. The first-order valence-electron chi connectivity index (χ1n) is 5.09. The molecule has 2 rings (SSSR count). The van der Waals surface area contributed by atoms with Gasteiger partial charge in [0.25, 0.3) is 0 Å². The topological polar surface area (TPSA) is 48.9 Å². The maximum absolute atomic E-state index is 9.32. The second kappa shape index (κ2) is 4.28. The zero-order valence-electron chi connectivity index (χ0n) is 8.70. The largest absolute Gasteiger partial charge is 0.392 e. The molecule has 0 aliphatic rings. The van der Waals surface area contributed by atoms with E-state index in [0.717, 1.165) is 28.9 Å². The van der Waals surface area contributed by atoms with Gasteiger partial charge in [-0.3, -0.25) is 5.10 Å². The molecule has 2 N–H and O–H groups in total. The summed E-state index contributed by atoms with van der Waals surface area (Å²) in [7, 11) is 0. The molecule has 0 radical (unpaired) electrons. The minimum atomic E-state index is 0.0316. The fourth-order valence-electron chi connectivity index (χ4n) is 1.70. The Hall–Kier alpha value is -1.61. The van der Waals surface area contributed by atoms with Crippen LogP contribution in [0.4, 0.5) is 0 Å². The van der Waals surface area contributed by atoms with E-state index in [0.29, 0.717) is 0 Å². The molecule has 3 heteroatoms. The zero-order chi connectivity index (χ0) is 10.7. The van der Waals surface area contributed by atoms with Gasteiger partial charge in [-0.05, 0) is 6.42 Å². The van der Waals surface area contributed by atoms with E-state index < -0.39 is 0 Å². The lowest BCUT2D eigenvalue weighted by Crippen LogP contribution is -1.90. The molecule has 0 amide bonds. The molecule has 0 saturated heterocycles. The summed E-state index contributed by atoms with van der Waals surface area (Å²) in [6, 6.07) is 9.90. The Morgan fingerprint density at radius 3 is 2.60 bits per heavy atom. The van der Waals surface area contributed by atoms with E-state index in [9.17, 15) is 5.11 Å². The van der Waals surface area contributed by atoms with Crippen LogP contribution in [0.25, 0.3) is 11.3 Å². The molecule has 0 unspecified atom stereocenters. The third-order valence-corrected chi connectivity index (χ3v) is 2.51. The smallest absolute Gasteiger partial charge is 0.0978 e. The van der Waals surface area contributed by atoms with Gasteiger partial charge in [-0.25, -0.2) is 0 Å². The molecular formula is C12H14N2O. The van der Waals surface area contributed by atoms with Crippen molar-refractivity contribution in [1.29, 1.82) is 0 Å². The molecule has 0 atom stereocenters. The Balaban J connectivity index is 2.49. The monoisotopic (exact) mass is 202 g/mol. The summed E-state index contributed by atoms with van der Waals surface area (Å²) in [4.78, 5) is 0. The molecule has 0 spiro atoms. The predicted molar refractivity (Wildman–Crippen MR) is 59.3 cm³/mol. The summed E-state index contributed by atoms with van der Waals surface area (Å²) in [6.07, 6.45) is 0.857. The molecular weight excluding hydrogens is 188 g/mol. The molecule has 1 heterocycles. The lowest BCUT2D eigenvalue weighted by atomic mass is 10.1. The van der Waals surface area contributed by atoms with Gasteiger partial charge in [0.05, 0.1) is 12.3 Å². The number of aliphatic hydroxyl groups is 1. The summed E-state index contributed by atoms with van der Waals surface area (Å²) in [5.74, 6) is 0. The van der Waals surface area contributed by atoms with Crippen molar-refractivity contribution >= 4 is 0 Å². The molecule has 1 aromatic heterocycles. The number of rotatable bonds is 3. The van der Waals surface area contributed by atoms with Crippen LogP contribution in [0.5, 0.6) is 0 Å². The first kappa shape index (κ1) is 9.93. The van der Waals surface area contributed by atoms with Crippen molar-refractivity contribution in [2.45, 2.75) is 20.0 Å². The first-order valence-corrected chi connectivity index (χ1v) is 5.09. The van der Waals surface area contributed by atoms with Crippen LogP contribution in [0.2, 0.25) is 0 Å². The van der Waals surface area contributed by atoms with Gasteiger partial charge in [-0.1, -0.05) is 37.3 Å². The Labute approximate surface area is 88.8 Å². The number of nitrogens with zero attached hydrogens (tertiary/aromatic N) is 1. The number of nitrogens with one attached hydrogen (secondary N) is 1. The van der Waals surface area contributed by atoms with Crippen LogP contribution in [0.15, 0.2) is 30.3 Å². The van der Waals surface area contributed by atoms with Gasteiger partial charge in [-0.2, -0.15) is 5.10 Å². The highest BCUT2D eigenvalue weighted by atomic mass is 16.3. The average molecular weight is 202 g/mol. The van der Waals surface area contributed by atoms with Crippen LogP contribution < -0.4 is 0 Å². The molecule has 2 aromatic rings. The summed E-state index contributed by atoms with van der Waals surface area (Å²) < 4.78 is 0. The van der Waals surface area contributed by atoms with E-state index in [1.807, 2.05) is 37.3 Å². The molecule has 0 bridgehead atoms. The van der Waals surface area contributed by atoms with E-state index in [4.69, 9.17) is 0 Å². The number of H-pyrrole nitrogens is 1. The third-order valence-electron chi connectivity index (χ3n) is 2.51. The zero-order valence-corrected chi connectivity index (χ0v) is 8.70. The highest BCUT2D eigenvalue weighted by molar-refractivity contribution is 5.63. The Kier molecular flexibility index (Phi) is 2.83. The molecule has 15 heavy (non-hydrogen) atoms. The van der Waals surface area contributed by atoms with E-state index >= 15 is 0 Å². The molecule has 0 fully saturated rings. The second-order valence-electron chi connectivity index (χ2n) is 3.41. The van der Waals surface area contributed by atoms with Crippen molar-refractivity contribution in [2.24, 2.45) is 0 Å². The molecule has 0 aliphatic carbocycles. The quantitative estimate of drug-likeness (QED) is 0.801. The average Bonchev–Trinajstić information content (AvgIpc) is 2.72. The fraction of sp³-hybridized carbons (Fsp3) is 0.250. The number of hydrogen-bond donors (Lipinski definition) is 2. The van der Waals surface area contributed by atoms with Crippen LogP contribution in [0, 0.1) is 0 Å². The van der Waals surface area contributed by atoms with Gasteiger partial charge in [0.1, 0.15) is 0 Å². The Morgan fingerprint density at radius 2 is 2.00 bits per heavy atom. The number of aromatic nitrogens is 2. The van der Waals surface area contributed by atoms with Crippen LogP contribution >= 0.6 is 0 Å². The third kappa shape index (κ3) is 1.78. The number of benzene rings is 1. The van der Waals surface area contributed by atoms with Crippen molar-refractivity contribution in [3.05, 3.63) is 41.6 Å². The molecule has 0 saturated carbocycles. The predicted octanol–water partition coefficient (Wildman–Crippen LogP) is 2.13. The lowest BCUT2D eigenvalue weighted by molar-refractivity contribution is 0.281. The van der Waals surface area contributed by atoms with E-state index in [-0.39, 0.29) is 6.61 Å². The van der Waals surface area contributed by atoms with Crippen molar-refractivity contribution in [1.82, 2.24) is 10.2 Å². The van der Waals surface area contributed by atoms with Crippen molar-refractivity contribution < 1.29 is 5.11 Å². The molecule has 1 aromatic carbocycles. The molecule has 78 valence electrons. The maximum atomic E-state index is 9.32. The van der Waals surface area contributed by atoms with Gasteiger partial charge in [-0.15, -0.1) is 0 Å². The SMILES string of the molecule is CCc1[nH]nc(-c2ccccc2)c1CO. The Morgan fingerprint density at radius 1 is 1.27 bits per heavy atom. The van der Waals surface area contributed by atoms with Crippen LogP contribution in [-0.4, -0.2) is 15.3 Å². The second-order valence-corrected chi connectivity index (χ2v) is 3.41. The lowest BCUT2D eigenvalue weighted by Gasteiger charge is -2.00. The van der Waals surface area contributed by atoms with Gasteiger partial charge >= 0.3 is 0 Å². The van der Waals surface area contributed by atoms with Gasteiger partial charge in [0, 0.05) is 16.8 Å². The van der Waals surface area contributed by atoms with Crippen LogP contribution in [0.3, 0.4) is 0 Å². The van der Waals surface area contributed by atoms with E-state index in [2.05, 4.69) is 10.2 Å². The number of aliphatic hydroxyl groups excluding tert-OH is 1. The molecule has 3 nitrogen and oxygen atoms in total. The number of hydrogen-bond acceptors (Lipinski definition) is 2. The van der Waals surface area contributed by atoms with Gasteiger partial charge in [0.2, 0.25) is 0 Å². The minimum Gasteiger partial charge on any atom is -0.392 e. The highest BCUT2D eigenvalue weighted by Crippen LogP contribution is 2.23. The summed E-state index contributed by atoms with van der Waals surface area (Å²) in [5, 5.41) is 16.5. The van der Waals surface area contributed by atoms with Crippen molar-refractivity contribution in [3.63, 3.8) is 0 Å². The number of aryl methyl sites for hydroxylation is 1. The first-order chi connectivity index (χ1) is 7.36. The van der Waals surface area contributed by atoms with Crippen molar-refractivity contribution in [2.75, 3.05) is 0 Å². The van der Waals surface area contributed by atoms with Gasteiger partial charge in [0.15, 0.2) is 0 Å². The van der Waals surface area contributed by atoms with E-state index in [1.165, 1.54) is 0 Å². The Bertz CT molecular complexity index is 434. The van der Waals surface area contributed by atoms with Crippen LogP contribution in [0.1, 0.15) is 18.2 Å². The summed E-state index contributed by atoms with van der Waals surface area (Å²) >= 11 is 0. The fourth-order valence-corrected chi connectivity index (χ4v) is 1.70. The van der Waals surface area contributed by atoms with Crippen molar-refractivity contribution in [3.8, 4) is 11.3 Å². The van der Waals surface area contributed by atoms with Crippen LogP contribution in [-0.2, 0) is 13.0 Å². The maximum Gasteiger partial charge on any atom is 0.0978 e. The minimum absolute atomic E-state index is 0.0316. The standard InChI is InChI=1S/C12H14N2O/c1-2-11-10(8-15)12(14-13-11)9-6-4-3-5-7-9/h3-7,15H,2,8H2,1H3,(H,13,14). The summed E-state index contributed by atoms with van der Waals surface area (Å²) in [6.45, 7) is 2.07. The number of aromatic amines is 1. The normalized spacial score (nSPS) is 10.5. The molecule has 0 aliphatic heterocycles. The van der Waals surface area contributed by atoms with Gasteiger partial charge < -0.3 is 5.11 Å². The van der Waals surface area contributed by atoms with E-state index in [1.54, 1.807) is 0 Å².